The fraction of sp³-hybridized carbons (Fsp3) is 0.500. The number of fused-ring (bicyclic) bond motifs is 1. The Kier molecular flexibility index (Phi) is 3.20. The first-order valence-electron chi connectivity index (χ1n) is 6.33. The molecule has 3 nitrogen and oxygen atoms in total. The highest BCUT2D eigenvalue weighted by Gasteiger charge is 2.38. The molecule has 2 saturated heterocycles. The molecule has 0 bridgehead atoms. The molecule has 3 rings (SSSR count). The maximum atomic E-state index is 12.1. The van der Waals surface area contributed by atoms with Crippen LogP contribution < -0.4 is 4.74 Å². The maximum Gasteiger partial charge on any atom is 0.224 e. The third-order valence-electron chi connectivity index (χ3n) is 3.80. The van der Waals surface area contributed by atoms with Gasteiger partial charge in [-0.1, -0.05) is 18.2 Å². The standard InChI is InChI=1S/C14H17NO2S/c1-17-12-5-3-2-4-11(12)10-8-13(16)15-6-7-18-14(15)9-10/h2-5,10,14H,6-9H2,1H3/t10-,14+/m0/s1. The number of rotatable bonds is 2. The lowest BCUT2D eigenvalue weighted by molar-refractivity contribution is -0.134. The molecule has 0 unspecified atom stereocenters. The number of piperidine rings is 1. The highest BCUT2D eigenvalue weighted by molar-refractivity contribution is 8.00. The molecular formula is C14H17NO2S. The van der Waals surface area contributed by atoms with Crippen molar-refractivity contribution in [1.29, 1.82) is 0 Å². The number of methoxy groups -OCH3 is 1. The van der Waals surface area contributed by atoms with Crippen LogP contribution in [0.15, 0.2) is 24.3 Å². The van der Waals surface area contributed by atoms with E-state index in [1.54, 1.807) is 7.11 Å². The van der Waals surface area contributed by atoms with Gasteiger partial charge in [0, 0.05) is 18.7 Å². The first-order chi connectivity index (χ1) is 8.79. The number of carbonyl (C=O) groups excluding carboxylic acids is 1. The van der Waals surface area contributed by atoms with Gasteiger partial charge in [-0.2, -0.15) is 0 Å². The molecule has 0 N–H and O–H groups in total. The average Bonchev–Trinajstić information content (AvgIpc) is 2.87. The van der Waals surface area contributed by atoms with E-state index in [4.69, 9.17) is 4.74 Å². The van der Waals surface area contributed by atoms with Crippen molar-refractivity contribution >= 4 is 17.7 Å². The summed E-state index contributed by atoms with van der Waals surface area (Å²) in [4.78, 5) is 14.2. The fourth-order valence-corrected chi connectivity index (χ4v) is 4.24. The Hall–Kier alpha value is -1.16. The lowest BCUT2D eigenvalue weighted by atomic mass is 9.88. The van der Waals surface area contributed by atoms with E-state index in [0.29, 0.717) is 23.6 Å². The average molecular weight is 263 g/mol. The number of nitrogens with zero attached hydrogens (tertiary/aromatic N) is 1. The van der Waals surface area contributed by atoms with Crippen LogP contribution in [0.3, 0.4) is 0 Å². The van der Waals surface area contributed by atoms with Gasteiger partial charge in [0.25, 0.3) is 0 Å². The molecule has 2 aliphatic rings. The molecule has 1 aromatic rings. The van der Waals surface area contributed by atoms with Crippen LogP contribution in [0.4, 0.5) is 0 Å². The summed E-state index contributed by atoms with van der Waals surface area (Å²) in [6, 6.07) is 8.07. The highest BCUT2D eigenvalue weighted by atomic mass is 32.2. The van der Waals surface area contributed by atoms with E-state index >= 15 is 0 Å². The number of hydrogen-bond donors (Lipinski definition) is 0. The van der Waals surface area contributed by atoms with Crippen molar-refractivity contribution in [2.75, 3.05) is 19.4 Å². The number of hydrogen-bond acceptors (Lipinski definition) is 3. The largest absolute Gasteiger partial charge is 0.496 e. The van der Waals surface area contributed by atoms with Gasteiger partial charge in [0.15, 0.2) is 0 Å². The molecule has 96 valence electrons. The predicted octanol–water partition coefficient (Wildman–Crippen LogP) is 2.47. The molecule has 2 fully saturated rings. The minimum absolute atomic E-state index is 0.298. The van der Waals surface area contributed by atoms with Crippen LogP contribution in [-0.2, 0) is 4.79 Å². The third-order valence-corrected chi connectivity index (χ3v) is 5.05. The Morgan fingerprint density at radius 1 is 1.39 bits per heavy atom. The van der Waals surface area contributed by atoms with E-state index in [-0.39, 0.29) is 0 Å². The van der Waals surface area contributed by atoms with Crippen LogP contribution in [0.1, 0.15) is 24.3 Å². The molecule has 2 aliphatic heterocycles. The Morgan fingerprint density at radius 2 is 2.22 bits per heavy atom. The zero-order valence-electron chi connectivity index (χ0n) is 10.5. The number of amides is 1. The maximum absolute atomic E-state index is 12.1. The molecule has 0 saturated carbocycles. The Morgan fingerprint density at radius 3 is 3.06 bits per heavy atom. The third kappa shape index (κ3) is 1.99. The Balaban J connectivity index is 1.86. The van der Waals surface area contributed by atoms with Gasteiger partial charge < -0.3 is 9.64 Å². The van der Waals surface area contributed by atoms with Crippen LogP contribution in [0.2, 0.25) is 0 Å². The van der Waals surface area contributed by atoms with E-state index in [1.807, 2.05) is 34.9 Å². The normalized spacial score (nSPS) is 27.2. The lowest BCUT2D eigenvalue weighted by Crippen LogP contribution is -2.40. The summed E-state index contributed by atoms with van der Waals surface area (Å²) < 4.78 is 5.41. The second-order valence-electron chi connectivity index (χ2n) is 4.79. The van der Waals surface area contributed by atoms with Crippen molar-refractivity contribution in [3.8, 4) is 5.75 Å². The molecule has 0 radical (unpaired) electrons. The molecule has 2 heterocycles. The van der Waals surface area contributed by atoms with Crippen molar-refractivity contribution in [3.63, 3.8) is 0 Å². The number of thioether (sulfide) groups is 1. The minimum Gasteiger partial charge on any atom is -0.496 e. The fourth-order valence-electron chi connectivity index (χ4n) is 2.90. The quantitative estimate of drug-likeness (QED) is 0.821. The summed E-state index contributed by atoms with van der Waals surface area (Å²) in [5.74, 6) is 2.59. The van der Waals surface area contributed by atoms with Gasteiger partial charge in [0.05, 0.1) is 12.5 Å². The van der Waals surface area contributed by atoms with Crippen molar-refractivity contribution < 1.29 is 9.53 Å². The Bertz CT molecular complexity index is 463. The Labute approximate surface area is 111 Å². The zero-order valence-corrected chi connectivity index (χ0v) is 11.3. The SMILES string of the molecule is COc1ccccc1[C@H]1CC(=O)N2CCS[C@@H]2C1. The molecule has 0 aliphatic carbocycles. The summed E-state index contributed by atoms with van der Waals surface area (Å²) in [7, 11) is 1.69. The summed E-state index contributed by atoms with van der Waals surface area (Å²) >= 11 is 1.91. The molecule has 18 heavy (non-hydrogen) atoms. The molecule has 2 atom stereocenters. The van der Waals surface area contributed by atoms with Crippen LogP contribution in [0, 0.1) is 0 Å². The molecular weight excluding hydrogens is 246 g/mol. The molecule has 0 spiro atoms. The summed E-state index contributed by atoms with van der Waals surface area (Å²) in [6.45, 7) is 0.923. The van der Waals surface area contributed by atoms with Gasteiger partial charge in [-0.3, -0.25) is 4.79 Å². The molecule has 0 aromatic heterocycles. The van der Waals surface area contributed by atoms with Gasteiger partial charge in [-0.05, 0) is 24.0 Å². The van der Waals surface area contributed by atoms with E-state index in [2.05, 4.69) is 6.07 Å². The first kappa shape index (κ1) is 11.9. The molecule has 1 amide bonds. The first-order valence-corrected chi connectivity index (χ1v) is 7.38. The lowest BCUT2D eigenvalue weighted by Gasteiger charge is -2.34. The predicted molar refractivity (Wildman–Crippen MR) is 72.9 cm³/mol. The van der Waals surface area contributed by atoms with E-state index in [0.717, 1.165) is 24.5 Å². The minimum atomic E-state index is 0.298. The van der Waals surface area contributed by atoms with E-state index in [9.17, 15) is 4.79 Å². The smallest absolute Gasteiger partial charge is 0.224 e. The highest BCUT2D eigenvalue weighted by Crippen LogP contribution is 2.42. The van der Waals surface area contributed by atoms with Crippen LogP contribution >= 0.6 is 11.8 Å². The van der Waals surface area contributed by atoms with Crippen LogP contribution in [0.5, 0.6) is 5.75 Å². The van der Waals surface area contributed by atoms with Crippen LogP contribution in [-0.4, -0.2) is 35.6 Å². The van der Waals surface area contributed by atoms with Gasteiger partial charge in [0.2, 0.25) is 5.91 Å². The van der Waals surface area contributed by atoms with Crippen molar-refractivity contribution in [2.45, 2.75) is 24.1 Å². The van der Waals surface area contributed by atoms with Crippen molar-refractivity contribution in [3.05, 3.63) is 29.8 Å². The van der Waals surface area contributed by atoms with Crippen molar-refractivity contribution in [2.24, 2.45) is 0 Å². The van der Waals surface area contributed by atoms with Gasteiger partial charge in [-0.15, -0.1) is 11.8 Å². The van der Waals surface area contributed by atoms with Gasteiger partial charge >= 0.3 is 0 Å². The van der Waals surface area contributed by atoms with E-state index < -0.39 is 0 Å². The topological polar surface area (TPSA) is 29.5 Å². The second-order valence-corrected chi connectivity index (χ2v) is 6.08. The summed E-state index contributed by atoms with van der Waals surface area (Å²) in [5.41, 5.74) is 1.18. The zero-order chi connectivity index (χ0) is 12.5. The van der Waals surface area contributed by atoms with E-state index in [1.165, 1.54) is 5.56 Å². The monoisotopic (exact) mass is 263 g/mol. The van der Waals surface area contributed by atoms with Gasteiger partial charge in [-0.25, -0.2) is 0 Å². The number of carbonyl (C=O) groups is 1. The second kappa shape index (κ2) is 4.84. The van der Waals surface area contributed by atoms with Crippen molar-refractivity contribution in [1.82, 2.24) is 4.90 Å². The molecule has 1 aromatic carbocycles. The number of benzene rings is 1. The van der Waals surface area contributed by atoms with Crippen LogP contribution in [0.25, 0.3) is 0 Å². The number of ether oxygens (including phenoxy) is 1. The number of para-hydroxylation sites is 1. The summed E-state index contributed by atoms with van der Waals surface area (Å²) in [5, 5.41) is 0.376. The molecule has 4 heteroatoms. The van der Waals surface area contributed by atoms with Gasteiger partial charge in [0.1, 0.15) is 5.75 Å². The summed E-state index contributed by atoms with van der Waals surface area (Å²) in [6.07, 6.45) is 1.67.